The second-order valence-electron chi connectivity index (χ2n) is 2.38. The molecule has 1 aliphatic rings. The lowest BCUT2D eigenvalue weighted by atomic mass is 9.98. The molecule has 60 valence electrons. The SMILES string of the molecule is CNC1(C(=O)O)C=CC=NC1. The molecule has 0 aliphatic carbocycles. The van der Waals surface area contributed by atoms with E-state index in [1.165, 1.54) is 0 Å². The third-order valence-corrected chi connectivity index (χ3v) is 1.74. The molecule has 0 aromatic rings. The van der Waals surface area contributed by atoms with Crippen LogP contribution in [-0.4, -0.2) is 36.4 Å². The Bertz CT molecular complexity index is 222. The summed E-state index contributed by atoms with van der Waals surface area (Å²) in [5.74, 6) is -0.895. The highest BCUT2D eigenvalue weighted by molar-refractivity contribution is 5.86. The first-order valence-corrected chi connectivity index (χ1v) is 3.31. The summed E-state index contributed by atoms with van der Waals surface area (Å²) in [7, 11) is 1.61. The topological polar surface area (TPSA) is 61.7 Å². The second-order valence-corrected chi connectivity index (χ2v) is 2.38. The number of aliphatic carboxylic acids is 1. The van der Waals surface area contributed by atoms with Crippen molar-refractivity contribution < 1.29 is 9.90 Å². The zero-order chi connectivity index (χ0) is 8.32. The molecule has 0 radical (unpaired) electrons. The average Bonchev–Trinajstić information content (AvgIpc) is 2.05. The molecule has 1 atom stereocenters. The van der Waals surface area contributed by atoms with E-state index in [1.54, 1.807) is 25.4 Å². The molecule has 1 rings (SSSR count). The molecule has 0 fully saturated rings. The average molecular weight is 154 g/mol. The summed E-state index contributed by atoms with van der Waals surface area (Å²) in [4.78, 5) is 14.6. The fourth-order valence-electron chi connectivity index (χ4n) is 0.926. The molecule has 4 nitrogen and oxygen atoms in total. The first kappa shape index (κ1) is 7.94. The maximum atomic E-state index is 10.7. The number of hydrogen-bond donors (Lipinski definition) is 2. The third-order valence-electron chi connectivity index (χ3n) is 1.74. The lowest BCUT2D eigenvalue weighted by molar-refractivity contribution is -0.142. The van der Waals surface area contributed by atoms with Gasteiger partial charge in [-0.2, -0.15) is 0 Å². The van der Waals surface area contributed by atoms with Gasteiger partial charge in [-0.3, -0.25) is 4.99 Å². The quantitative estimate of drug-likeness (QED) is 0.572. The summed E-state index contributed by atoms with van der Waals surface area (Å²) >= 11 is 0. The van der Waals surface area contributed by atoms with Gasteiger partial charge in [0.1, 0.15) is 0 Å². The molecule has 0 saturated heterocycles. The number of nitrogens with one attached hydrogen (secondary N) is 1. The first-order chi connectivity index (χ1) is 5.21. The molecular formula is C7H10N2O2. The van der Waals surface area contributed by atoms with Gasteiger partial charge in [0.05, 0.1) is 6.54 Å². The summed E-state index contributed by atoms with van der Waals surface area (Å²) in [6.07, 6.45) is 4.83. The van der Waals surface area contributed by atoms with Crippen LogP contribution in [0.4, 0.5) is 0 Å². The van der Waals surface area contributed by atoms with Gasteiger partial charge in [0, 0.05) is 6.21 Å². The van der Waals surface area contributed by atoms with Gasteiger partial charge in [0.2, 0.25) is 0 Å². The van der Waals surface area contributed by atoms with Crippen molar-refractivity contribution in [2.45, 2.75) is 5.54 Å². The van der Waals surface area contributed by atoms with E-state index < -0.39 is 11.5 Å². The number of aliphatic imine (C=N–C) groups is 1. The van der Waals surface area contributed by atoms with Crippen LogP contribution in [0.3, 0.4) is 0 Å². The van der Waals surface area contributed by atoms with Crippen LogP contribution < -0.4 is 5.32 Å². The second kappa shape index (κ2) is 2.84. The van der Waals surface area contributed by atoms with Crippen molar-refractivity contribution >= 4 is 12.2 Å². The number of nitrogens with zero attached hydrogens (tertiary/aromatic N) is 1. The van der Waals surface area contributed by atoms with Crippen LogP contribution in [0, 0.1) is 0 Å². The monoisotopic (exact) mass is 154 g/mol. The zero-order valence-corrected chi connectivity index (χ0v) is 6.24. The Labute approximate surface area is 64.6 Å². The fourth-order valence-corrected chi connectivity index (χ4v) is 0.926. The molecule has 0 spiro atoms. The van der Waals surface area contributed by atoms with E-state index in [4.69, 9.17) is 5.11 Å². The van der Waals surface area contributed by atoms with Crippen LogP contribution in [0.5, 0.6) is 0 Å². The van der Waals surface area contributed by atoms with Gasteiger partial charge in [-0.25, -0.2) is 4.79 Å². The van der Waals surface area contributed by atoms with Crippen LogP contribution in [0.2, 0.25) is 0 Å². The summed E-state index contributed by atoms with van der Waals surface area (Å²) in [5.41, 5.74) is -0.991. The Hall–Kier alpha value is -1.16. The highest BCUT2D eigenvalue weighted by Crippen LogP contribution is 2.09. The van der Waals surface area contributed by atoms with Gasteiger partial charge >= 0.3 is 5.97 Å². The van der Waals surface area contributed by atoms with E-state index in [0.717, 1.165) is 0 Å². The molecule has 1 unspecified atom stereocenters. The number of carboxylic acids is 1. The summed E-state index contributed by atoms with van der Waals surface area (Å²) in [6.45, 7) is 0.259. The molecule has 2 N–H and O–H groups in total. The van der Waals surface area contributed by atoms with Gasteiger partial charge in [-0.05, 0) is 19.2 Å². The molecule has 1 heterocycles. The van der Waals surface area contributed by atoms with Crippen molar-refractivity contribution in [3.63, 3.8) is 0 Å². The van der Waals surface area contributed by atoms with Gasteiger partial charge in [-0.15, -0.1) is 0 Å². The predicted octanol–water partition coefficient (Wildman–Crippen LogP) is -0.330. The lowest BCUT2D eigenvalue weighted by Crippen LogP contribution is -2.52. The number of likely N-dealkylation sites (N-methyl/N-ethyl adjacent to an activating group) is 1. The van der Waals surface area contributed by atoms with Crippen molar-refractivity contribution in [2.75, 3.05) is 13.6 Å². The van der Waals surface area contributed by atoms with E-state index in [9.17, 15) is 4.79 Å². The summed E-state index contributed by atoms with van der Waals surface area (Å²) < 4.78 is 0. The molecular weight excluding hydrogens is 144 g/mol. The number of rotatable bonds is 2. The van der Waals surface area contributed by atoms with Gasteiger partial charge < -0.3 is 10.4 Å². The van der Waals surface area contributed by atoms with E-state index in [1.807, 2.05) is 0 Å². The Morgan fingerprint density at radius 3 is 2.82 bits per heavy atom. The molecule has 1 aliphatic heterocycles. The molecule has 0 saturated carbocycles. The van der Waals surface area contributed by atoms with E-state index in [2.05, 4.69) is 10.3 Å². The highest BCUT2D eigenvalue weighted by Gasteiger charge is 2.34. The van der Waals surface area contributed by atoms with Gasteiger partial charge in [0.25, 0.3) is 0 Å². The first-order valence-electron chi connectivity index (χ1n) is 3.31. The molecule has 4 heteroatoms. The Kier molecular flexibility index (Phi) is 2.05. The smallest absolute Gasteiger partial charge is 0.329 e. The normalized spacial score (nSPS) is 28.8. The molecule has 0 aromatic heterocycles. The minimum absolute atomic E-state index is 0.259. The Morgan fingerprint density at radius 2 is 2.55 bits per heavy atom. The fraction of sp³-hybridized carbons (Fsp3) is 0.429. The molecule has 0 amide bonds. The summed E-state index contributed by atoms with van der Waals surface area (Å²) in [6, 6.07) is 0. The lowest BCUT2D eigenvalue weighted by Gasteiger charge is -2.24. The van der Waals surface area contributed by atoms with Crippen LogP contribution in [0.25, 0.3) is 0 Å². The molecule has 0 aromatic carbocycles. The van der Waals surface area contributed by atoms with Crippen LogP contribution >= 0.6 is 0 Å². The highest BCUT2D eigenvalue weighted by atomic mass is 16.4. The van der Waals surface area contributed by atoms with E-state index >= 15 is 0 Å². The molecule has 0 bridgehead atoms. The maximum absolute atomic E-state index is 10.7. The largest absolute Gasteiger partial charge is 0.480 e. The number of hydrogen-bond acceptors (Lipinski definition) is 3. The van der Waals surface area contributed by atoms with Crippen molar-refractivity contribution in [2.24, 2.45) is 4.99 Å². The van der Waals surface area contributed by atoms with Gasteiger partial charge in [-0.1, -0.05) is 0 Å². The molecule has 11 heavy (non-hydrogen) atoms. The van der Waals surface area contributed by atoms with Crippen molar-refractivity contribution in [1.29, 1.82) is 0 Å². The maximum Gasteiger partial charge on any atom is 0.329 e. The third kappa shape index (κ3) is 1.30. The van der Waals surface area contributed by atoms with Crippen molar-refractivity contribution in [3.8, 4) is 0 Å². The number of allylic oxidation sites excluding steroid dienone is 1. The zero-order valence-electron chi connectivity index (χ0n) is 6.24. The minimum Gasteiger partial charge on any atom is -0.480 e. The standard InChI is InChI=1S/C7H10N2O2/c1-8-7(6(10)11)3-2-4-9-5-7/h2-4,8H,5H2,1H3,(H,10,11). The minimum atomic E-state index is -0.991. The van der Waals surface area contributed by atoms with E-state index in [0.29, 0.717) is 0 Å². The Balaban J connectivity index is 2.85. The number of carboxylic acid groups (broad SMARTS) is 1. The Morgan fingerprint density at radius 1 is 1.82 bits per heavy atom. The summed E-state index contributed by atoms with van der Waals surface area (Å²) in [5, 5.41) is 11.5. The van der Waals surface area contributed by atoms with Crippen molar-refractivity contribution in [1.82, 2.24) is 5.32 Å². The van der Waals surface area contributed by atoms with Gasteiger partial charge in [0.15, 0.2) is 5.54 Å². The van der Waals surface area contributed by atoms with Crippen LogP contribution in [0.15, 0.2) is 17.1 Å². The van der Waals surface area contributed by atoms with Crippen molar-refractivity contribution in [3.05, 3.63) is 12.2 Å². The van der Waals surface area contributed by atoms with Crippen LogP contribution in [-0.2, 0) is 4.79 Å². The number of dihydropyridines is 1. The number of carbonyl (C=O) groups is 1. The van der Waals surface area contributed by atoms with E-state index in [-0.39, 0.29) is 6.54 Å². The van der Waals surface area contributed by atoms with Crippen LogP contribution in [0.1, 0.15) is 0 Å². The predicted molar refractivity (Wildman–Crippen MR) is 41.9 cm³/mol.